The van der Waals surface area contributed by atoms with Gasteiger partial charge < -0.3 is 4.90 Å². The Balaban J connectivity index is 1.09. The van der Waals surface area contributed by atoms with E-state index in [9.17, 15) is 0 Å². The summed E-state index contributed by atoms with van der Waals surface area (Å²) in [7, 11) is 0. The number of anilines is 3. The van der Waals surface area contributed by atoms with Gasteiger partial charge in [-0.15, -0.1) is 0 Å². The Bertz CT molecular complexity index is 3240. The van der Waals surface area contributed by atoms with E-state index in [1.54, 1.807) is 0 Å². The van der Waals surface area contributed by atoms with Crippen molar-refractivity contribution in [3.63, 3.8) is 0 Å². The maximum absolute atomic E-state index is 2.41. The van der Waals surface area contributed by atoms with Gasteiger partial charge in [0.1, 0.15) is 0 Å². The van der Waals surface area contributed by atoms with E-state index in [1.807, 2.05) is 0 Å². The van der Waals surface area contributed by atoms with Gasteiger partial charge in [0.05, 0.1) is 0 Å². The lowest BCUT2D eigenvalue weighted by molar-refractivity contribution is 1.29. The molecule has 0 bridgehead atoms. The Morgan fingerprint density at radius 3 is 1.44 bits per heavy atom. The molecule has 0 saturated carbocycles. The van der Waals surface area contributed by atoms with Crippen molar-refractivity contribution in [2.75, 3.05) is 4.90 Å². The van der Waals surface area contributed by atoms with Crippen LogP contribution in [0.5, 0.6) is 0 Å². The SMILES string of the molecule is c1ccc(-c2cccc(N(c3ccc(-c4cccc5cccc(-c6cccc7ccccc67)c45)cc3)c3ccc4c5ccccc5c5ccccc5c4c3)c2)cc1. The molecule has 266 valence electrons. The summed E-state index contributed by atoms with van der Waals surface area (Å²) in [5.41, 5.74) is 10.6. The van der Waals surface area contributed by atoms with Gasteiger partial charge >= 0.3 is 0 Å². The Morgan fingerprint density at radius 1 is 0.228 bits per heavy atom. The van der Waals surface area contributed by atoms with E-state index < -0.39 is 0 Å². The number of hydrogen-bond donors (Lipinski definition) is 0. The van der Waals surface area contributed by atoms with Gasteiger partial charge in [-0.3, -0.25) is 0 Å². The van der Waals surface area contributed by atoms with Crippen molar-refractivity contribution in [3.05, 3.63) is 224 Å². The van der Waals surface area contributed by atoms with Crippen LogP contribution in [0.25, 0.3) is 87.2 Å². The zero-order valence-electron chi connectivity index (χ0n) is 31.3. The van der Waals surface area contributed by atoms with Gasteiger partial charge in [0.25, 0.3) is 0 Å². The van der Waals surface area contributed by atoms with Gasteiger partial charge in [-0.05, 0) is 124 Å². The molecule has 0 atom stereocenters. The summed E-state index contributed by atoms with van der Waals surface area (Å²) >= 11 is 0. The van der Waals surface area contributed by atoms with E-state index in [-0.39, 0.29) is 0 Å². The summed E-state index contributed by atoms with van der Waals surface area (Å²) in [6, 6.07) is 82.0. The number of benzene rings is 11. The molecule has 0 heterocycles. The molecule has 1 nitrogen and oxygen atoms in total. The molecule has 0 saturated heterocycles. The first-order valence-electron chi connectivity index (χ1n) is 19.7. The van der Waals surface area contributed by atoms with Crippen LogP contribution in [-0.2, 0) is 0 Å². The molecule has 0 unspecified atom stereocenters. The van der Waals surface area contributed by atoms with Crippen molar-refractivity contribution in [2.24, 2.45) is 0 Å². The quantitative estimate of drug-likeness (QED) is 0.154. The van der Waals surface area contributed by atoms with Gasteiger partial charge in [-0.2, -0.15) is 0 Å². The molecular formula is C56H37N. The minimum absolute atomic E-state index is 1.10. The van der Waals surface area contributed by atoms with Crippen molar-refractivity contribution in [2.45, 2.75) is 0 Å². The lowest BCUT2D eigenvalue weighted by atomic mass is 9.89. The van der Waals surface area contributed by atoms with Crippen molar-refractivity contribution >= 4 is 70.9 Å². The first kappa shape index (κ1) is 32.9. The van der Waals surface area contributed by atoms with Crippen LogP contribution in [0.2, 0.25) is 0 Å². The van der Waals surface area contributed by atoms with E-state index in [4.69, 9.17) is 0 Å². The predicted molar refractivity (Wildman–Crippen MR) is 245 cm³/mol. The molecule has 0 spiro atoms. The summed E-state index contributed by atoms with van der Waals surface area (Å²) in [6.45, 7) is 0. The van der Waals surface area contributed by atoms with Crippen LogP contribution in [0.3, 0.4) is 0 Å². The van der Waals surface area contributed by atoms with Crippen LogP contribution in [0.15, 0.2) is 224 Å². The summed E-state index contributed by atoms with van der Waals surface area (Å²) in [5.74, 6) is 0. The van der Waals surface area contributed by atoms with E-state index in [2.05, 4.69) is 229 Å². The fourth-order valence-electron chi connectivity index (χ4n) is 8.99. The lowest BCUT2D eigenvalue weighted by Gasteiger charge is -2.27. The topological polar surface area (TPSA) is 3.24 Å². The first-order chi connectivity index (χ1) is 28.3. The van der Waals surface area contributed by atoms with Crippen molar-refractivity contribution in [3.8, 4) is 33.4 Å². The van der Waals surface area contributed by atoms with Crippen LogP contribution < -0.4 is 4.90 Å². The van der Waals surface area contributed by atoms with E-state index in [1.165, 1.54) is 87.2 Å². The largest absolute Gasteiger partial charge is 0.310 e. The average Bonchev–Trinajstić information content (AvgIpc) is 3.29. The molecule has 0 amide bonds. The minimum Gasteiger partial charge on any atom is -0.310 e. The molecule has 0 aromatic heterocycles. The van der Waals surface area contributed by atoms with Gasteiger partial charge in [0.2, 0.25) is 0 Å². The highest BCUT2D eigenvalue weighted by Gasteiger charge is 2.18. The fourth-order valence-corrected chi connectivity index (χ4v) is 8.99. The second kappa shape index (κ2) is 13.7. The summed E-state index contributed by atoms with van der Waals surface area (Å²) < 4.78 is 0. The summed E-state index contributed by atoms with van der Waals surface area (Å²) in [4.78, 5) is 2.41. The number of fused-ring (bicyclic) bond motifs is 8. The molecule has 0 fully saturated rings. The van der Waals surface area contributed by atoms with E-state index >= 15 is 0 Å². The van der Waals surface area contributed by atoms with Crippen LogP contribution in [0.1, 0.15) is 0 Å². The maximum Gasteiger partial charge on any atom is 0.0468 e. The summed E-state index contributed by atoms with van der Waals surface area (Å²) in [6.07, 6.45) is 0. The molecule has 0 radical (unpaired) electrons. The molecular weight excluding hydrogens is 687 g/mol. The standard InChI is InChI=1S/C56H37N/c1-2-14-38(15-3-1)42-20-10-21-44(36-42)57(45-34-35-53-51-25-7-6-23-49(51)50-24-8-9-26-52(50)55(53)37-45)43-32-30-40(31-33-43)47-27-12-18-41-19-13-29-54(56(41)47)48-28-11-17-39-16-4-5-22-46(39)48/h1-37H. The number of nitrogens with zero attached hydrogens (tertiary/aromatic N) is 1. The van der Waals surface area contributed by atoms with Crippen LogP contribution >= 0.6 is 0 Å². The summed E-state index contributed by atoms with van der Waals surface area (Å²) in [5, 5.41) is 12.6. The second-order valence-corrected chi connectivity index (χ2v) is 14.9. The third kappa shape index (κ3) is 5.63. The molecule has 11 rings (SSSR count). The highest BCUT2D eigenvalue weighted by Crippen LogP contribution is 2.44. The minimum atomic E-state index is 1.10. The predicted octanol–water partition coefficient (Wildman–Crippen LogP) is 15.9. The van der Waals surface area contributed by atoms with Crippen LogP contribution in [0, 0.1) is 0 Å². The van der Waals surface area contributed by atoms with E-state index in [0.29, 0.717) is 0 Å². The normalized spacial score (nSPS) is 11.5. The first-order valence-corrected chi connectivity index (χ1v) is 19.7. The van der Waals surface area contributed by atoms with Crippen LogP contribution in [0.4, 0.5) is 17.1 Å². The Morgan fingerprint density at radius 2 is 0.719 bits per heavy atom. The van der Waals surface area contributed by atoms with Crippen LogP contribution in [-0.4, -0.2) is 0 Å². The van der Waals surface area contributed by atoms with E-state index in [0.717, 1.165) is 17.1 Å². The third-order valence-corrected chi connectivity index (χ3v) is 11.6. The molecule has 57 heavy (non-hydrogen) atoms. The lowest BCUT2D eigenvalue weighted by Crippen LogP contribution is -2.10. The molecule has 0 aliphatic carbocycles. The maximum atomic E-state index is 2.41. The van der Waals surface area contributed by atoms with Gasteiger partial charge in [-0.25, -0.2) is 0 Å². The van der Waals surface area contributed by atoms with Crippen molar-refractivity contribution < 1.29 is 0 Å². The molecule has 11 aromatic carbocycles. The highest BCUT2D eigenvalue weighted by molar-refractivity contribution is 6.26. The van der Waals surface area contributed by atoms with Crippen molar-refractivity contribution in [1.29, 1.82) is 0 Å². The smallest absolute Gasteiger partial charge is 0.0468 e. The molecule has 11 aromatic rings. The number of hydrogen-bond acceptors (Lipinski definition) is 1. The van der Waals surface area contributed by atoms with Gasteiger partial charge in [-0.1, -0.05) is 188 Å². The molecule has 0 aliphatic heterocycles. The molecule has 0 aliphatic rings. The van der Waals surface area contributed by atoms with Crippen molar-refractivity contribution in [1.82, 2.24) is 0 Å². The zero-order valence-corrected chi connectivity index (χ0v) is 31.3. The van der Waals surface area contributed by atoms with Gasteiger partial charge in [0.15, 0.2) is 0 Å². The fraction of sp³-hybridized carbons (Fsp3) is 0. The Labute approximate surface area is 332 Å². The third-order valence-electron chi connectivity index (χ3n) is 11.6. The Kier molecular flexibility index (Phi) is 7.89. The second-order valence-electron chi connectivity index (χ2n) is 14.9. The average molecular weight is 724 g/mol. The monoisotopic (exact) mass is 723 g/mol. The highest BCUT2D eigenvalue weighted by atomic mass is 15.1. The number of rotatable bonds is 6. The zero-order chi connectivity index (χ0) is 37.7. The van der Waals surface area contributed by atoms with Gasteiger partial charge in [0, 0.05) is 17.1 Å². The molecule has 1 heteroatoms. The Hall–Kier alpha value is -7.48. The molecule has 0 N–H and O–H groups in total.